The van der Waals surface area contributed by atoms with E-state index in [2.05, 4.69) is 9.97 Å². The molecule has 0 atom stereocenters. The highest BCUT2D eigenvalue weighted by molar-refractivity contribution is 5.86. The number of amides is 2. The summed E-state index contributed by atoms with van der Waals surface area (Å²) < 4.78 is 9.42. The van der Waals surface area contributed by atoms with Crippen molar-refractivity contribution in [1.29, 1.82) is 0 Å². The Labute approximate surface area is 116 Å². The summed E-state index contributed by atoms with van der Waals surface area (Å²) in [4.78, 5) is 36.3. The van der Waals surface area contributed by atoms with Crippen LogP contribution in [0.3, 0.4) is 0 Å². The Kier molecular flexibility index (Phi) is 5.70. The number of ether oxygens (including phenoxy) is 2. The molecule has 0 aromatic carbocycles. The Hall–Kier alpha value is -2.38. The molecule has 0 fully saturated rings. The van der Waals surface area contributed by atoms with E-state index in [-0.39, 0.29) is 19.2 Å². The van der Waals surface area contributed by atoms with Crippen molar-refractivity contribution in [3.05, 3.63) is 17.5 Å². The molecule has 0 bridgehead atoms. The van der Waals surface area contributed by atoms with E-state index < -0.39 is 12.2 Å². The highest BCUT2D eigenvalue weighted by Gasteiger charge is 2.28. The maximum absolute atomic E-state index is 11.7. The van der Waals surface area contributed by atoms with Crippen LogP contribution in [0.4, 0.5) is 9.59 Å². The van der Waals surface area contributed by atoms with Crippen molar-refractivity contribution in [1.82, 2.24) is 15.0 Å². The quantitative estimate of drug-likeness (QED) is 0.780. The number of nitrogens with zero attached hydrogens (tertiary/aromatic N) is 3. The molecule has 1 aromatic rings. The fraction of sp³-hybridized carbons (Fsp3) is 0.500. The molecule has 0 aliphatic rings. The largest absolute Gasteiger partial charge is 0.454 e. The fourth-order valence-electron chi connectivity index (χ4n) is 1.33. The molecule has 20 heavy (non-hydrogen) atoms. The van der Waals surface area contributed by atoms with Crippen LogP contribution in [0, 0.1) is 13.8 Å². The number of imide groups is 1. The summed E-state index contributed by atoms with van der Waals surface area (Å²) in [6, 6.07) is 1.59. The van der Waals surface area contributed by atoms with E-state index in [1.807, 2.05) is 0 Å². The van der Waals surface area contributed by atoms with Crippen LogP contribution in [0.5, 0.6) is 6.01 Å². The van der Waals surface area contributed by atoms with E-state index >= 15 is 0 Å². The molecule has 0 spiro atoms. The van der Waals surface area contributed by atoms with Gasteiger partial charge < -0.3 is 14.3 Å². The van der Waals surface area contributed by atoms with Gasteiger partial charge in [-0.05, 0) is 38.8 Å². The highest BCUT2D eigenvalue weighted by Crippen LogP contribution is 2.10. The summed E-state index contributed by atoms with van der Waals surface area (Å²) in [6.45, 7) is 6.86. The minimum atomic E-state index is -0.992. The SMILES string of the molecule is CCOC(=O)N(Oc1nc(C)cc(C)n1)C(=O)OCC. The lowest BCUT2D eigenvalue weighted by Gasteiger charge is -2.17. The Bertz CT molecular complexity index is 454. The Morgan fingerprint density at radius 2 is 1.50 bits per heavy atom. The molecule has 0 aliphatic carbocycles. The monoisotopic (exact) mass is 283 g/mol. The summed E-state index contributed by atoms with van der Waals surface area (Å²) in [5, 5.41) is 0.348. The van der Waals surface area contributed by atoms with Crippen LogP contribution in [0.2, 0.25) is 0 Å². The van der Waals surface area contributed by atoms with E-state index in [0.29, 0.717) is 16.5 Å². The number of hydrogen-bond donors (Lipinski definition) is 0. The molecule has 1 rings (SSSR count). The van der Waals surface area contributed by atoms with Gasteiger partial charge in [-0.2, -0.15) is 9.97 Å². The summed E-state index contributed by atoms with van der Waals surface area (Å²) in [7, 11) is 0. The van der Waals surface area contributed by atoms with E-state index in [9.17, 15) is 9.59 Å². The van der Waals surface area contributed by atoms with Crippen molar-refractivity contribution in [3.8, 4) is 6.01 Å². The second-order valence-corrected chi connectivity index (χ2v) is 3.72. The predicted molar refractivity (Wildman–Crippen MR) is 68.0 cm³/mol. The van der Waals surface area contributed by atoms with Gasteiger partial charge in [-0.25, -0.2) is 9.59 Å². The summed E-state index contributed by atoms with van der Waals surface area (Å²) in [5.74, 6) is 0. The van der Waals surface area contributed by atoms with Crippen molar-refractivity contribution < 1.29 is 23.9 Å². The number of carbonyl (C=O) groups is 2. The van der Waals surface area contributed by atoms with E-state index in [0.717, 1.165) is 0 Å². The molecule has 0 radical (unpaired) electrons. The van der Waals surface area contributed by atoms with Crippen LogP contribution < -0.4 is 4.84 Å². The van der Waals surface area contributed by atoms with Crippen LogP contribution >= 0.6 is 0 Å². The first-order valence-electron chi connectivity index (χ1n) is 6.11. The van der Waals surface area contributed by atoms with Gasteiger partial charge in [0, 0.05) is 11.4 Å². The van der Waals surface area contributed by atoms with Crippen LogP contribution in [0.25, 0.3) is 0 Å². The third kappa shape index (κ3) is 4.38. The van der Waals surface area contributed by atoms with E-state index in [4.69, 9.17) is 14.3 Å². The number of aryl methyl sites for hydroxylation is 2. The predicted octanol–water partition coefficient (Wildman–Crippen LogP) is 2.00. The number of hydrogen-bond acceptors (Lipinski definition) is 7. The van der Waals surface area contributed by atoms with Gasteiger partial charge in [-0.15, -0.1) is 0 Å². The molecule has 0 saturated carbocycles. The first-order chi connectivity index (χ1) is 9.47. The minimum Gasteiger partial charge on any atom is -0.447 e. The van der Waals surface area contributed by atoms with Gasteiger partial charge in [0.2, 0.25) is 0 Å². The summed E-state index contributed by atoms with van der Waals surface area (Å²) in [5.41, 5.74) is 1.28. The van der Waals surface area contributed by atoms with Gasteiger partial charge in [0.25, 0.3) is 0 Å². The third-order valence-corrected chi connectivity index (χ3v) is 2.00. The summed E-state index contributed by atoms with van der Waals surface area (Å²) in [6.07, 6.45) is -1.98. The zero-order valence-electron chi connectivity index (χ0n) is 11.9. The lowest BCUT2D eigenvalue weighted by atomic mass is 10.4. The minimum absolute atomic E-state index is 0.0891. The second kappa shape index (κ2) is 7.27. The van der Waals surface area contributed by atoms with Gasteiger partial charge in [0.1, 0.15) is 0 Å². The Morgan fingerprint density at radius 3 is 1.90 bits per heavy atom. The number of rotatable bonds is 4. The molecule has 0 N–H and O–H groups in total. The maximum atomic E-state index is 11.7. The van der Waals surface area contributed by atoms with Crippen molar-refractivity contribution in [2.75, 3.05) is 13.2 Å². The van der Waals surface area contributed by atoms with Crippen LogP contribution in [0.15, 0.2) is 6.07 Å². The Morgan fingerprint density at radius 1 is 1.05 bits per heavy atom. The lowest BCUT2D eigenvalue weighted by molar-refractivity contribution is -0.0452. The van der Waals surface area contributed by atoms with Crippen molar-refractivity contribution in [3.63, 3.8) is 0 Å². The van der Waals surface area contributed by atoms with Gasteiger partial charge in [-0.3, -0.25) is 0 Å². The average Bonchev–Trinajstić information content (AvgIpc) is 2.35. The maximum Gasteiger partial charge on any atom is 0.454 e. The van der Waals surface area contributed by atoms with Crippen molar-refractivity contribution >= 4 is 12.2 Å². The number of carbonyl (C=O) groups excluding carboxylic acids is 2. The highest BCUT2D eigenvalue weighted by atomic mass is 16.8. The van der Waals surface area contributed by atoms with E-state index in [1.165, 1.54) is 0 Å². The van der Waals surface area contributed by atoms with Crippen molar-refractivity contribution in [2.45, 2.75) is 27.7 Å². The molecule has 2 amide bonds. The van der Waals surface area contributed by atoms with Gasteiger partial charge in [0.05, 0.1) is 13.2 Å². The third-order valence-electron chi connectivity index (χ3n) is 2.00. The van der Waals surface area contributed by atoms with Crippen molar-refractivity contribution in [2.24, 2.45) is 0 Å². The summed E-state index contributed by atoms with van der Waals surface area (Å²) >= 11 is 0. The number of hydroxylamine groups is 2. The smallest absolute Gasteiger partial charge is 0.447 e. The molecule has 110 valence electrons. The molecular formula is C12H17N3O5. The van der Waals surface area contributed by atoms with Crippen LogP contribution in [0.1, 0.15) is 25.2 Å². The normalized spacial score (nSPS) is 9.80. The van der Waals surface area contributed by atoms with Gasteiger partial charge in [-0.1, -0.05) is 0 Å². The second-order valence-electron chi connectivity index (χ2n) is 3.72. The molecule has 0 saturated heterocycles. The molecule has 1 heterocycles. The van der Waals surface area contributed by atoms with Gasteiger partial charge >= 0.3 is 18.2 Å². The fourth-order valence-corrected chi connectivity index (χ4v) is 1.33. The zero-order valence-corrected chi connectivity index (χ0v) is 11.9. The zero-order chi connectivity index (χ0) is 15.1. The lowest BCUT2D eigenvalue weighted by Crippen LogP contribution is -2.41. The molecule has 8 heteroatoms. The number of aromatic nitrogens is 2. The van der Waals surface area contributed by atoms with Gasteiger partial charge in [0.15, 0.2) is 0 Å². The van der Waals surface area contributed by atoms with Crippen LogP contribution in [-0.2, 0) is 9.47 Å². The molecule has 1 aromatic heterocycles. The first kappa shape index (κ1) is 15.7. The molecule has 0 aliphatic heterocycles. The Balaban J connectivity index is 2.93. The molecular weight excluding hydrogens is 266 g/mol. The van der Waals surface area contributed by atoms with Crippen LogP contribution in [-0.4, -0.2) is 40.4 Å². The standard InChI is InChI=1S/C12H17N3O5/c1-5-18-11(16)15(12(17)19-6-2)20-10-13-8(3)7-9(4)14-10/h7H,5-6H2,1-4H3. The average molecular weight is 283 g/mol. The molecule has 8 nitrogen and oxygen atoms in total. The molecule has 0 unspecified atom stereocenters. The van der Waals surface area contributed by atoms with E-state index in [1.54, 1.807) is 33.8 Å². The topological polar surface area (TPSA) is 90.9 Å². The first-order valence-corrected chi connectivity index (χ1v) is 6.11.